The summed E-state index contributed by atoms with van der Waals surface area (Å²) in [6.07, 6.45) is 8.53. The fraction of sp³-hybridized carbons (Fsp3) is 0.900. The summed E-state index contributed by atoms with van der Waals surface area (Å²) in [6.45, 7) is 16.2. The molecule has 0 saturated heterocycles. The lowest BCUT2D eigenvalue weighted by Gasteiger charge is -2.72. The standard InChI is InChI=1S/C30H48O4/c1-17-10-13-30(25(33)34)15-14-28(6)19(24(30)18(17)2)8-9-20-27(5)12-11-22(31)26(3,4)21(27)16-23(32)29(20,28)7/h8,17-18,20-24,31-32H,9-16H2,1-7H3,(H,33,34). The van der Waals surface area contributed by atoms with Crippen molar-refractivity contribution in [1.82, 2.24) is 0 Å². The van der Waals surface area contributed by atoms with Gasteiger partial charge in [0.15, 0.2) is 0 Å². The molecule has 11 atom stereocenters. The zero-order chi connectivity index (χ0) is 25.1. The molecule has 0 radical (unpaired) electrons. The lowest BCUT2D eigenvalue weighted by atomic mass is 9.32. The van der Waals surface area contributed by atoms with Crippen LogP contribution in [0.4, 0.5) is 0 Å². The highest BCUT2D eigenvalue weighted by Crippen LogP contribution is 2.75. The minimum atomic E-state index is -0.649. The van der Waals surface area contributed by atoms with Gasteiger partial charge >= 0.3 is 5.97 Å². The van der Waals surface area contributed by atoms with Crippen molar-refractivity contribution in [3.8, 4) is 0 Å². The highest BCUT2D eigenvalue weighted by molar-refractivity contribution is 5.76. The molecule has 0 aromatic carbocycles. The minimum Gasteiger partial charge on any atom is -0.481 e. The third-order valence-electron chi connectivity index (χ3n) is 13.5. The molecular weight excluding hydrogens is 424 g/mol. The van der Waals surface area contributed by atoms with E-state index in [4.69, 9.17) is 0 Å². The summed E-state index contributed by atoms with van der Waals surface area (Å²) in [6, 6.07) is 0. The van der Waals surface area contributed by atoms with Gasteiger partial charge in [-0.1, -0.05) is 60.1 Å². The van der Waals surface area contributed by atoms with Crippen LogP contribution >= 0.6 is 0 Å². The Labute approximate surface area is 206 Å². The average molecular weight is 473 g/mol. The summed E-state index contributed by atoms with van der Waals surface area (Å²) in [5.74, 6) is 0.931. The maximum atomic E-state index is 12.8. The highest BCUT2D eigenvalue weighted by Gasteiger charge is 2.71. The summed E-state index contributed by atoms with van der Waals surface area (Å²) >= 11 is 0. The van der Waals surface area contributed by atoms with Crippen molar-refractivity contribution in [2.45, 2.75) is 112 Å². The summed E-state index contributed by atoms with van der Waals surface area (Å²) in [7, 11) is 0. The molecular formula is C30H48O4. The highest BCUT2D eigenvalue weighted by atomic mass is 16.4. The first kappa shape index (κ1) is 24.8. The van der Waals surface area contributed by atoms with E-state index in [9.17, 15) is 20.1 Å². The maximum Gasteiger partial charge on any atom is 0.310 e. The third-order valence-corrected chi connectivity index (χ3v) is 13.5. The van der Waals surface area contributed by atoms with E-state index in [1.165, 1.54) is 5.57 Å². The number of carbonyl (C=O) groups is 1. The van der Waals surface area contributed by atoms with Crippen LogP contribution < -0.4 is 0 Å². The molecule has 4 fully saturated rings. The maximum absolute atomic E-state index is 12.8. The molecule has 5 rings (SSSR count). The zero-order valence-corrected chi connectivity index (χ0v) is 22.5. The van der Waals surface area contributed by atoms with Crippen LogP contribution in [-0.2, 0) is 4.79 Å². The van der Waals surface area contributed by atoms with Gasteiger partial charge in [-0.25, -0.2) is 0 Å². The van der Waals surface area contributed by atoms with Gasteiger partial charge in [0.2, 0.25) is 0 Å². The fourth-order valence-electron chi connectivity index (χ4n) is 10.8. The molecule has 4 heteroatoms. The number of fused-ring (bicyclic) bond motifs is 7. The summed E-state index contributed by atoms with van der Waals surface area (Å²) in [5, 5.41) is 33.4. The van der Waals surface area contributed by atoms with E-state index in [1.807, 2.05) is 0 Å². The monoisotopic (exact) mass is 472 g/mol. The second-order valence-corrected chi connectivity index (χ2v) is 14.6. The van der Waals surface area contributed by atoms with Crippen molar-refractivity contribution in [2.75, 3.05) is 0 Å². The molecule has 192 valence electrons. The van der Waals surface area contributed by atoms with Gasteiger partial charge in [0, 0.05) is 5.41 Å². The number of aliphatic hydroxyl groups is 2. The molecule has 34 heavy (non-hydrogen) atoms. The van der Waals surface area contributed by atoms with E-state index in [2.05, 4.69) is 54.5 Å². The van der Waals surface area contributed by atoms with Crippen LogP contribution in [0.1, 0.15) is 99.8 Å². The third kappa shape index (κ3) is 2.71. The summed E-state index contributed by atoms with van der Waals surface area (Å²) < 4.78 is 0. The lowest BCUT2D eigenvalue weighted by Crippen LogP contribution is -2.69. The summed E-state index contributed by atoms with van der Waals surface area (Å²) in [4.78, 5) is 12.8. The van der Waals surface area contributed by atoms with Gasteiger partial charge in [-0.3, -0.25) is 4.79 Å². The van der Waals surface area contributed by atoms with Gasteiger partial charge in [-0.15, -0.1) is 0 Å². The molecule has 0 heterocycles. The van der Waals surface area contributed by atoms with E-state index in [0.29, 0.717) is 17.8 Å². The number of aliphatic carboxylic acids is 1. The van der Waals surface area contributed by atoms with Crippen LogP contribution in [0.15, 0.2) is 11.6 Å². The number of rotatable bonds is 1. The first-order valence-electron chi connectivity index (χ1n) is 14.0. The fourth-order valence-corrected chi connectivity index (χ4v) is 10.8. The minimum absolute atomic E-state index is 0.0626. The Balaban J connectivity index is 1.65. The van der Waals surface area contributed by atoms with E-state index < -0.39 is 17.5 Å². The van der Waals surface area contributed by atoms with Crippen LogP contribution in [0, 0.1) is 56.7 Å². The van der Waals surface area contributed by atoms with Crippen molar-refractivity contribution in [1.29, 1.82) is 0 Å². The predicted octanol–water partition coefficient (Wildman–Crippen LogP) is 6.06. The molecule has 4 saturated carbocycles. The van der Waals surface area contributed by atoms with Crippen molar-refractivity contribution in [2.24, 2.45) is 56.7 Å². The van der Waals surface area contributed by atoms with Crippen LogP contribution in [0.2, 0.25) is 0 Å². The van der Waals surface area contributed by atoms with E-state index in [1.54, 1.807) is 0 Å². The van der Waals surface area contributed by atoms with Crippen LogP contribution in [0.5, 0.6) is 0 Å². The number of hydrogen-bond donors (Lipinski definition) is 3. The van der Waals surface area contributed by atoms with Crippen molar-refractivity contribution < 1.29 is 20.1 Å². The zero-order valence-electron chi connectivity index (χ0n) is 22.5. The Morgan fingerprint density at radius 2 is 1.59 bits per heavy atom. The number of aliphatic hydroxyl groups excluding tert-OH is 2. The molecule has 0 amide bonds. The molecule has 5 aliphatic carbocycles. The van der Waals surface area contributed by atoms with E-state index in [-0.39, 0.29) is 39.6 Å². The number of allylic oxidation sites excluding steroid dienone is 2. The van der Waals surface area contributed by atoms with Crippen molar-refractivity contribution in [3.63, 3.8) is 0 Å². The molecule has 0 bridgehead atoms. The lowest BCUT2D eigenvalue weighted by molar-refractivity contribution is -0.245. The van der Waals surface area contributed by atoms with Gasteiger partial charge in [0.1, 0.15) is 0 Å². The topological polar surface area (TPSA) is 77.8 Å². The quantitative estimate of drug-likeness (QED) is 0.405. The van der Waals surface area contributed by atoms with Crippen LogP contribution in [0.3, 0.4) is 0 Å². The molecule has 5 aliphatic rings. The van der Waals surface area contributed by atoms with Gasteiger partial charge in [0.05, 0.1) is 17.6 Å². The first-order valence-corrected chi connectivity index (χ1v) is 14.0. The first-order chi connectivity index (χ1) is 15.7. The van der Waals surface area contributed by atoms with Gasteiger partial charge in [0.25, 0.3) is 0 Å². The summed E-state index contributed by atoms with van der Waals surface area (Å²) in [5.41, 5.74) is 0.0796. The van der Waals surface area contributed by atoms with Crippen molar-refractivity contribution in [3.05, 3.63) is 11.6 Å². The Bertz CT molecular complexity index is 907. The number of hydrogen-bond acceptors (Lipinski definition) is 3. The molecule has 0 aliphatic heterocycles. The Morgan fingerprint density at radius 3 is 2.24 bits per heavy atom. The Kier molecular flexibility index (Phi) is 5.36. The molecule has 4 nitrogen and oxygen atoms in total. The second kappa shape index (κ2) is 7.34. The van der Waals surface area contributed by atoms with E-state index in [0.717, 1.165) is 51.4 Å². The molecule has 11 unspecified atom stereocenters. The predicted molar refractivity (Wildman–Crippen MR) is 134 cm³/mol. The smallest absolute Gasteiger partial charge is 0.310 e. The van der Waals surface area contributed by atoms with E-state index >= 15 is 0 Å². The largest absolute Gasteiger partial charge is 0.481 e. The molecule has 0 aromatic rings. The number of carboxylic acid groups (broad SMARTS) is 1. The van der Waals surface area contributed by atoms with Gasteiger partial charge in [-0.05, 0) is 97.2 Å². The van der Waals surface area contributed by atoms with Crippen LogP contribution in [0.25, 0.3) is 0 Å². The van der Waals surface area contributed by atoms with Gasteiger partial charge in [-0.2, -0.15) is 0 Å². The molecule has 3 N–H and O–H groups in total. The van der Waals surface area contributed by atoms with Gasteiger partial charge < -0.3 is 15.3 Å². The molecule has 0 aromatic heterocycles. The Hall–Kier alpha value is -0.870. The normalized spacial score (nSPS) is 56.3. The number of carboxylic acids is 1. The SMILES string of the molecule is CC1CCC2(C(=O)O)CCC3(C)C(=CCC4C5(C)CCC(O)C(C)(C)C5CC(O)C43C)C2C1C. The van der Waals surface area contributed by atoms with Crippen molar-refractivity contribution >= 4 is 5.97 Å². The second-order valence-electron chi connectivity index (χ2n) is 14.6. The average Bonchev–Trinajstić information content (AvgIpc) is 2.76. The van der Waals surface area contributed by atoms with Crippen LogP contribution in [-0.4, -0.2) is 33.5 Å². The molecule has 0 spiro atoms. The Morgan fingerprint density at radius 1 is 0.912 bits per heavy atom.